The summed E-state index contributed by atoms with van der Waals surface area (Å²) < 4.78 is 14.4. The number of para-hydroxylation sites is 1. The molecule has 0 bridgehead atoms. The first-order chi connectivity index (χ1) is 8.58. The summed E-state index contributed by atoms with van der Waals surface area (Å²) in [5.41, 5.74) is 1.43. The third kappa shape index (κ3) is 2.76. The van der Waals surface area contributed by atoms with Crippen LogP contribution in [0, 0.1) is 12.7 Å². The van der Waals surface area contributed by atoms with Gasteiger partial charge in [0.25, 0.3) is 5.91 Å². The second-order valence-corrected chi connectivity index (χ2v) is 4.77. The average Bonchev–Trinajstić information content (AvgIpc) is 2.32. The zero-order valence-corrected chi connectivity index (χ0v) is 11.3. The van der Waals surface area contributed by atoms with Crippen molar-refractivity contribution in [3.8, 4) is 0 Å². The van der Waals surface area contributed by atoms with Crippen molar-refractivity contribution < 1.29 is 9.18 Å². The number of benzene rings is 2. The number of aryl methyl sites for hydroxylation is 1. The molecule has 0 spiro atoms. The fourth-order valence-corrected chi connectivity index (χ4v) is 1.94. The Kier molecular flexibility index (Phi) is 3.77. The minimum Gasteiger partial charge on any atom is -0.321 e. The van der Waals surface area contributed by atoms with Gasteiger partial charge in [-0.3, -0.25) is 4.79 Å². The highest BCUT2D eigenvalue weighted by Crippen LogP contribution is 2.22. The van der Waals surface area contributed by atoms with Gasteiger partial charge in [0, 0.05) is 4.47 Å². The van der Waals surface area contributed by atoms with E-state index in [4.69, 9.17) is 0 Å². The zero-order valence-electron chi connectivity index (χ0n) is 9.71. The molecule has 0 aliphatic rings. The van der Waals surface area contributed by atoms with Crippen molar-refractivity contribution in [1.82, 2.24) is 0 Å². The van der Waals surface area contributed by atoms with E-state index in [1.165, 1.54) is 12.1 Å². The predicted octanol–water partition coefficient (Wildman–Crippen LogP) is 4.15. The Balaban J connectivity index is 2.25. The second-order valence-electron chi connectivity index (χ2n) is 3.92. The molecule has 0 saturated carbocycles. The van der Waals surface area contributed by atoms with Crippen LogP contribution in [0.25, 0.3) is 0 Å². The first kappa shape index (κ1) is 12.8. The largest absolute Gasteiger partial charge is 0.321 e. The van der Waals surface area contributed by atoms with Crippen LogP contribution in [0.15, 0.2) is 46.9 Å². The third-order valence-electron chi connectivity index (χ3n) is 2.49. The van der Waals surface area contributed by atoms with Crippen molar-refractivity contribution in [3.63, 3.8) is 0 Å². The molecule has 18 heavy (non-hydrogen) atoms. The van der Waals surface area contributed by atoms with Gasteiger partial charge in [0.2, 0.25) is 0 Å². The van der Waals surface area contributed by atoms with Crippen LogP contribution in [0.1, 0.15) is 15.9 Å². The van der Waals surface area contributed by atoms with E-state index in [-0.39, 0.29) is 5.56 Å². The summed E-state index contributed by atoms with van der Waals surface area (Å²) in [7, 11) is 0. The molecule has 2 nitrogen and oxygen atoms in total. The van der Waals surface area contributed by atoms with Gasteiger partial charge < -0.3 is 5.32 Å². The van der Waals surface area contributed by atoms with Crippen LogP contribution >= 0.6 is 15.9 Å². The number of hydrogen-bond donors (Lipinski definition) is 1. The lowest BCUT2D eigenvalue weighted by atomic mass is 10.1. The maximum Gasteiger partial charge on any atom is 0.258 e. The predicted molar refractivity (Wildman–Crippen MR) is 73.2 cm³/mol. The molecule has 0 heterocycles. The summed E-state index contributed by atoms with van der Waals surface area (Å²) in [6.07, 6.45) is 0. The first-order valence-corrected chi connectivity index (χ1v) is 6.19. The molecular formula is C14H11BrFNO. The molecule has 2 aromatic rings. The van der Waals surface area contributed by atoms with Gasteiger partial charge in [0.15, 0.2) is 0 Å². The van der Waals surface area contributed by atoms with Gasteiger partial charge in [-0.15, -0.1) is 0 Å². The Morgan fingerprint density at radius 3 is 2.61 bits per heavy atom. The fraction of sp³-hybridized carbons (Fsp3) is 0.0714. The first-order valence-electron chi connectivity index (χ1n) is 5.40. The topological polar surface area (TPSA) is 29.1 Å². The Bertz CT molecular complexity index is 598. The number of carbonyl (C=O) groups excluding carboxylic acids is 1. The van der Waals surface area contributed by atoms with Crippen molar-refractivity contribution >= 4 is 27.5 Å². The third-order valence-corrected chi connectivity index (χ3v) is 3.18. The second kappa shape index (κ2) is 5.31. The van der Waals surface area contributed by atoms with Gasteiger partial charge in [-0.2, -0.15) is 0 Å². The van der Waals surface area contributed by atoms with Gasteiger partial charge in [-0.25, -0.2) is 4.39 Å². The summed E-state index contributed by atoms with van der Waals surface area (Å²) in [4.78, 5) is 11.9. The zero-order chi connectivity index (χ0) is 13.1. The van der Waals surface area contributed by atoms with Crippen molar-refractivity contribution in [1.29, 1.82) is 0 Å². The van der Waals surface area contributed by atoms with Gasteiger partial charge >= 0.3 is 0 Å². The van der Waals surface area contributed by atoms with E-state index in [2.05, 4.69) is 21.2 Å². The standard InChI is InChI=1S/C14H11BrFNO/c1-9-6-7-10(12(16)8-9)14(18)17-13-5-3-2-4-11(13)15/h2-8H,1H3,(H,17,18). The summed E-state index contributed by atoms with van der Waals surface area (Å²) in [5, 5.41) is 2.66. The Hall–Kier alpha value is -1.68. The highest BCUT2D eigenvalue weighted by atomic mass is 79.9. The van der Waals surface area contributed by atoms with E-state index < -0.39 is 11.7 Å². The van der Waals surface area contributed by atoms with Crippen molar-refractivity contribution in [2.75, 3.05) is 5.32 Å². The minimum atomic E-state index is -0.514. The SMILES string of the molecule is Cc1ccc(C(=O)Nc2ccccc2Br)c(F)c1. The number of halogens is 2. The van der Waals surface area contributed by atoms with Gasteiger partial charge in [0.1, 0.15) is 5.82 Å². The summed E-state index contributed by atoms with van der Waals surface area (Å²) >= 11 is 3.32. The molecule has 2 rings (SSSR count). The maximum atomic E-state index is 13.6. The highest BCUT2D eigenvalue weighted by molar-refractivity contribution is 9.10. The fourth-order valence-electron chi connectivity index (χ4n) is 1.56. The molecule has 4 heteroatoms. The quantitative estimate of drug-likeness (QED) is 0.887. The van der Waals surface area contributed by atoms with Crippen molar-refractivity contribution in [2.45, 2.75) is 6.92 Å². The van der Waals surface area contributed by atoms with Crippen LogP contribution in [-0.4, -0.2) is 5.91 Å². The van der Waals surface area contributed by atoms with E-state index in [0.29, 0.717) is 5.69 Å². The van der Waals surface area contributed by atoms with Crippen LogP contribution in [0.3, 0.4) is 0 Å². The van der Waals surface area contributed by atoms with Crippen LogP contribution < -0.4 is 5.32 Å². The number of carbonyl (C=O) groups is 1. The summed E-state index contributed by atoms with van der Waals surface area (Å²) in [6, 6.07) is 11.7. The van der Waals surface area contributed by atoms with Gasteiger partial charge in [-0.05, 0) is 52.7 Å². The molecule has 0 unspecified atom stereocenters. The summed E-state index contributed by atoms with van der Waals surface area (Å²) in [6.45, 7) is 1.78. The Morgan fingerprint density at radius 1 is 1.22 bits per heavy atom. The van der Waals surface area contributed by atoms with E-state index in [1.807, 2.05) is 6.07 Å². The molecule has 0 atom stereocenters. The molecule has 0 aliphatic heterocycles. The van der Waals surface area contributed by atoms with Crippen LogP contribution in [0.5, 0.6) is 0 Å². The number of rotatable bonds is 2. The van der Waals surface area contributed by atoms with E-state index in [0.717, 1.165) is 10.0 Å². The van der Waals surface area contributed by atoms with Crippen LogP contribution in [-0.2, 0) is 0 Å². The highest BCUT2D eigenvalue weighted by Gasteiger charge is 2.12. The molecule has 1 N–H and O–H groups in total. The lowest BCUT2D eigenvalue weighted by Gasteiger charge is -2.08. The molecule has 0 saturated heterocycles. The minimum absolute atomic E-state index is 0.0383. The lowest BCUT2D eigenvalue weighted by molar-refractivity contribution is 0.102. The number of nitrogens with one attached hydrogen (secondary N) is 1. The smallest absolute Gasteiger partial charge is 0.258 e. The molecule has 0 aromatic heterocycles. The van der Waals surface area contributed by atoms with Gasteiger partial charge in [-0.1, -0.05) is 18.2 Å². The Labute approximate surface area is 113 Å². The van der Waals surface area contributed by atoms with E-state index in [9.17, 15) is 9.18 Å². The Morgan fingerprint density at radius 2 is 1.94 bits per heavy atom. The van der Waals surface area contributed by atoms with E-state index in [1.54, 1.807) is 31.2 Å². The molecular weight excluding hydrogens is 297 g/mol. The average molecular weight is 308 g/mol. The van der Waals surface area contributed by atoms with Crippen LogP contribution in [0.4, 0.5) is 10.1 Å². The molecule has 1 amide bonds. The van der Waals surface area contributed by atoms with E-state index >= 15 is 0 Å². The number of hydrogen-bond acceptors (Lipinski definition) is 1. The number of anilines is 1. The summed E-state index contributed by atoms with van der Waals surface area (Å²) in [5.74, 6) is -0.973. The van der Waals surface area contributed by atoms with Crippen molar-refractivity contribution in [3.05, 3.63) is 63.9 Å². The lowest BCUT2D eigenvalue weighted by Crippen LogP contribution is -2.14. The molecule has 0 radical (unpaired) electrons. The van der Waals surface area contributed by atoms with Crippen molar-refractivity contribution in [2.24, 2.45) is 0 Å². The monoisotopic (exact) mass is 307 g/mol. The molecule has 0 fully saturated rings. The molecule has 0 aliphatic carbocycles. The van der Waals surface area contributed by atoms with Gasteiger partial charge in [0.05, 0.1) is 11.3 Å². The van der Waals surface area contributed by atoms with Crippen LogP contribution in [0.2, 0.25) is 0 Å². The molecule has 2 aromatic carbocycles. The number of amides is 1. The normalized spacial score (nSPS) is 10.2. The maximum absolute atomic E-state index is 13.6. The molecule has 92 valence electrons.